The number of aliphatic imine (C=N–C) groups is 3. The molecule has 1 amide bonds. The maximum absolute atomic E-state index is 12.6. The summed E-state index contributed by atoms with van der Waals surface area (Å²) in [5.41, 5.74) is 15.0. The van der Waals surface area contributed by atoms with Crippen molar-refractivity contribution in [3.63, 3.8) is 0 Å². The molecular formula is C36H39N5O2. The molecule has 3 N–H and O–H groups in total. The van der Waals surface area contributed by atoms with Gasteiger partial charge >= 0.3 is 0 Å². The first-order valence-electron chi connectivity index (χ1n) is 15.3. The second-order valence-electron chi connectivity index (χ2n) is 12.0. The van der Waals surface area contributed by atoms with Gasteiger partial charge in [-0.2, -0.15) is 0 Å². The van der Waals surface area contributed by atoms with Crippen LogP contribution in [0.2, 0.25) is 0 Å². The van der Waals surface area contributed by atoms with Crippen LogP contribution in [-0.2, 0) is 4.79 Å². The van der Waals surface area contributed by atoms with E-state index in [9.17, 15) is 9.90 Å². The Morgan fingerprint density at radius 2 is 1.67 bits per heavy atom. The highest BCUT2D eigenvalue weighted by atomic mass is 16.3. The van der Waals surface area contributed by atoms with Crippen molar-refractivity contribution >= 4 is 23.0 Å². The summed E-state index contributed by atoms with van der Waals surface area (Å²) in [5, 5.41) is 17.8. The number of aliphatic hydroxyl groups excluding tert-OH is 1. The number of rotatable bonds is 6. The van der Waals surface area contributed by atoms with Gasteiger partial charge < -0.3 is 15.7 Å². The molecule has 5 aliphatic heterocycles. The van der Waals surface area contributed by atoms with Crippen LogP contribution >= 0.6 is 0 Å². The number of amides is 1. The number of aliphatic hydroxyl groups is 1. The van der Waals surface area contributed by atoms with Crippen molar-refractivity contribution in [1.82, 2.24) is 10.6 Å². The number of carbonyl (C=O) groups is 1. The minimum absolute atomic E-state index is 0.0388. The first-order chi connectivity index (χ1) is 20.7. The number of hydrogen-bond acceptors (Lipinski definition) is 6. The van der Waals surface area contributed by atoms with E-state index in [1.165, 1.54) is 16.7 Å². The Balaban J connectivity index is 1.54. The van der Waals surface area contributed by atoms with Crippen molar-refractivity contribution in [2.45, 2.75) is 73.6 Å². The van der Waals surface area contributed by atoms with Crippen molar-refractivity contribution < 1.29 is 9.90 Å². The number of fused-ring (bicyclic) bond motifs is 5. The van der Waals surface area contributed by atoms with Crippen LogP contribution in [0, 0.1) is 24.2 Å². The second kappa shape index (κ2) is 11.0. The molecule has 7 heteroatoms. The predicted octanol–water partition coefficient (Wildman–Crippen LogP) is 6.60. The zero-order valence-corrected chi connectivity index (χ0v) is 25.9. The molecule has 5 heterocycles. The third kappa shape index (κ3) is 4.70. The molecule has 6 aliphatic rings. The summed E-state index contributed by atoms with van der Waals surface area (Å²) >= 11 is 0. The lowest BCUT2D eigenvalue weighted by Crippen LogP contribution is -2.24. The Kier molecular flexibility index (Phi) is 7.33. The molecular weight excluding hydrogens is 534 g/mol. The zero-order valence-electron chi connectivity index (χ0n) is 25.9. The normalized spacial score (nSPS) is 24.2. The Hall–Kier alpha value is -4.44. The zero-order chi connectivity index (χ0) is 30.6. The third-order valence-electron chi connectivity index (χ3n) is 9.61. The lowest BCUT2D eigenvalue weighted by molar-refractivity contribution is -0.121. The first kappa shape index (κ1) is 28.7. The van der Waals surface area contributed by atoms with Crippen molar-refractivity contribution in [3.8, 4) is 12.3 Å². The lowest BCUT2D eigenvalue weighted by atomic mass is 9.86. The SMILES string of the molecule is C#CCNC(=O)CC[C@@H]1C2=C3CC(O)=C4C3=NC(=C4C)C=C3N=C(C=C4N=C(C=C(N2)[C@H]1C)C(C)=C4CC)C(C)=C3CC. The van der Waals surface area contributed by atoms with Crippen molar-refractivity contribution in [2.24, 2.45) is 26.8 Å². The van der Waals surface area contributed by atoms with E-state index < -0.39 is 0 Å². The Bertz CT molecular complexity index is 1750. The summed E-state index contributed by atoms with van der Waals surface area (Å²) in [7, 11) is 0. The Morgan fingerprint density at radius 3 is 2.33 bits per heavy atom. The molecule has 1 aliphatic carbocycles. The summed E-state index contributed by atoms with van der Waals surface area (Å²) in [4.78, 5) is 27.9. The van der Waals surface area contributed by atoms with Crippen LogP contribution in [0.1, 0.15) is 73.6 Å². The summed E-state index contributed by atoms with van der Waals surface area (Å²) < 4.78 is 0. The minimum atomic E-state index is -0.0595. The molecule has 0 unspecified atom stereocenters. The number of carbonyl (C=O) groups excluding carboxylic acids is 1. The quantitative estimate of drug-likeness (QED) is 0.312. The van der Waals surface area contributed by atoms with Crippen LogP contribution in [0.5, 0.6) is 0 Å². The molecule has 0 aromatic rings. The van der Waals surface area contributed by atoms with Gasteiger partial charge in [-0.05, 0) is 86.1 Å². The van der Waals surface area contributed by atoms with Crippen molar-refractivity contribution in [3.05, 3.63) is 91.5 Å². The maximum Gasteiger partial charge on any atom is 0.220 e. The average Bonchev–Trinajstić information content (AvgIpc) is 3.73. The second-order valence-corrected chi connectivity index (χ2v) is 12.0. The van der Waals surface area contributed by atoms with E-state index in [1.807, 2.05) is 6.92 Å². The smallest absolute Gasteiger partial charge is 0.220 e. The molecule has 0 aromatic carbocycles. The van der Waals surface area contributed by atoms with Gasteiger partial charge in [0.05, 0.1) is 40.8 Å². The molecule has 43 heavy (non-hydrogen) atoms. The monoisotopic (exact) mass is 573 g/mol. The van der Waals surface area contributed by atoms with E-state index in [0.717, 1.165) is 80.8 Å². The standard InChI is InChI=1S/C36H39N5O2/c1-8-13-37-33(43)12-11-24-20(6)28-15-26-18(4)22(9-2)30(38-26)16-27-19(5)23(10-3)31(39-27)17-29-21(7)34-32(42)14-25(35(24)40-28)36(34)41-29/h1,15-17,20,24,40,42H,9-14H2,2-7H3,(H,37,43)/t20-,24-/m0/s1. The van der Waals surface area contributed by atoms with Gasteiger partial charge in [-0.15, -0.1) is 6.42 Å². The van der Waals surface area contributed by atoms with E-state index in [2.05, 4.69) is 69.4 Å². The Morgan fingerprint density at radius 1 is 1.02 bits per heavy atom. The van der Waals surface area contributed by atoms with E-state index in [-0.39, 0.29) is 24.3 Å². The Labute approximate surface area is 254 Å². The molecule has 1 saturated heterocycles. The number of terminal acetylenes is 1. The van der Waals surface area contributed by atoms with Crippen LogP contribution in [0.3, 0.4) is 0 Å². The molecule has 0 aromatic heterocycles. The average molecular weight is 574 g/mol. The van der Waals surface area contributed by atoms with Gasteiger partial charge in [0.2, 0.25) is 5.91 Å². The minimum Gasteiger partial charge on any atom is -0.511 e. The van der Waals surface area contributed by atoms with Crippen molar-refractivity contribution in [1.29, 1.82) is 0 Å². The van der Waals surface area contributed by atoms with E-state index >= 15 is 0 Å². The number of nitrogens with zero attached hydrogens (tertiary/aromatic N) is 3. The lowest BCUT2D eigenvalue weighted by Gasteiger charge is -2.17. The molecule has 0 spiro atoms. The molecule has 7 nitrogen and oxygen atoms in total. The molecule has 1 fully saturated rings. The van der Waals surface area contributed by atoms with Crippen LogP contribution in [0.15, 0.2) is 106 Å². The summed E-state index contributed by atoms with van der Waals surface area (Å²) in [6.45, 7) is 13.1. The molecule has 8 bridgehead atoms. The molecule has 220 valence electrons. The molecule has 0 radical (unpaired) electrons. The highest BCUT2D eigenvalue weighted by molar-refractivity contribution is 6.21. The molecule has 0 saturated carbocycles. The molecule has 2 atom stereocenters. The topological polar surface area (TPSA) is 98.4 Å². The fourth-order valence-electron chi connectivity index (χ4n) is 7.13. The van der Waals surface area contributed by atoms with Crippen LogP contribution in [0.4, 0.5) is 0 Å². The van der Waals surface area contributed by atoms with Gasteiger partial charge in [0.1, 0.15) is 5.76 Å². The predicted molar refractivity (Wildman–Crippen MR) is 173 cm³/mol. The fourth-order valence-corrected chi connectivity index (χ4v) is 7.13. The number of allylic oxidation sites excluding steroid dienone is 12. The third-order valence-corrected chi connectivity index (χ3v) is 9.61. The fraction of sp³-hybridized carbons (Fsp3) is 0.389. The number of nitrogens with one attached hydrogen (secondary N) is 2. The van der Waals surface area contributed by atoms with Crippen LogP contribution < -0.4 is 10.6 Å². The van der Waals surface area contributed by atoms with E-state index in [1.54, 1.807) is 0 Å². The van der Waals surface area contributed by atoms with Gasteiger partial charge in [-0.3, -0.25) is 4.79 Å². The van der Waals surface area contributed by atoms with Crippen LogP contribution in [-0.4, -0.2) is 34.7 Å². The maximum atomic E-state index is 12.6. The van der Waals surface area contributed by atoms with Crippen molar-refractivity contribution in [2.75, 3.05) is 6.54 Å². The van der Waals surface area contributed by atoms with E-state index in [4.69, 9.17) is 21.4 Å². The highest BCUT2D eigenvalue weighted by Gasteiger charge is 2.41. The highest BCUT2D eigenvalue weighted by Crippen LogP contribution is 2.46. The summed E-state index contributed by atoms with van der Waals surface area (Å²) in [5.74, 6) is 2.90. The summed E-state index contributed by atoms with van der Waals surface area (Å²) in [6.07, 6.45) is 14.8. The van der Waals surface area contributed by atoms with Gasteiger partial charge in [-0.1, -0.05) is 26.7 Å². The summed E-state index contributed by atoms with van der Waals surface area (Å²) in [6, 6.07) is 0. The van der Waals surface area contributed by atoms with Gasteiger partial charge in [0.15, 0.2) is 0 Å². The van der Waals surface area contributed by atoms with Gasteiger partial charge in [0, 0.05) is 47.2 Å². The number of hydrogen-bond donors (Lipinski definition) is 3. The first-order valence-corrected chi connectivity index (χ1v) is 15.3. The van der Waals surface area contributed by atoms with E-state index in [0.29, 0.717) is 25.0 Å². The van der Waals surface area contributed by atoms with Gasteiger partial charge in [0.25, 0.3) is 0 Å². The van der Waals surface area contributed by atoms with Crippen LogP contribution in [0.25, 0.3) is 0 Å². The molecule has 6 rings (SSSR count). The largest absolute Gasteiger partial charge is 0.511 e. The van der Waals surface area contributed by atoms with Gasteiger partial charge in [-0.25, -0.2) is 15.0 Å².